The molecule has 1 aromatic rings. The second kappa shape index (κ2) is 4.33. The SMILES string of the molecule is c1ncc([C@@H]2CCCCNC2)cn1. The monoisotopic (exact) mass is 177 g/mol. The maximum atomic E-state index is 4.05. The summed E-state index contributed by atoms with van der Waals surface area (Å²) >= 11 is 0. The molecule has 0 unspecified atom stereocenters. The zero-order valence-corrected chi connectivity index (χ0v) is 7.74. The Kier molecular flexibility index (Phi) is 2.87. The lowest BCUT2D eigenvalue weighted by atomic mass is 9.97. The Bertz CT molecular complexity index is 240. The van der Waals surface area contributed by atoms with Gasteiger partial charge in [0.15, 0.2) is 0 Å². The van der Waals surface area contributed by atoms with Crippen molar-refractivity contribution >= 4 is 0 Å². The lowest BCUT2D eigenvalue weighted by Crippen LogP contribution is -2.19. The molecule has 1 aliphatic rings. The smallest absolute Gasteiger partial charge is 0.115 e. The molecule has 2 rings (SSSR count). The molecular formula is C10H15N3. The molecule has 1 aliphatic heterocycles. The maximum Gasteiger partial charge on any atom is 0.115 e. The first-order chi connectivity index (χ1) is 6.47. The van der Waals surface area contributed by atoms with Crippen molar-refractivity contribution in [3.63, 3.8) is 0 Å². The molecule has 0 bridgehead atoms. The van der Waals surface area contributed by atoms with Crippen LogP contribution in [0.2, 0.25) is 0 Å². The average Bonchev–Trinajstić information content (AvgIpc) is 2.47. The zero-order chi connectivity index (χ0) is 8.93. The quantitative estimate of drug-likeness (QED) is 0.703. The van der Waals surface area contributed by atoms with Crippen LogP contribution in [-0.2, 0) is 0 Å². The van der Waals surface area contributed by atoms with Crippen LogP contribution in [0.1, 0.15) is 30.7 Å². The Hall–Kier alpha value is -0.960. The van der Waals surface area contributed by atoms with Crippen LogP contribution in [0.25, 0.3) is 0 Å². The van der Waals surface area contributed by atoms with Gasteiger partial charge in [0, 0.05) is 18.9 Å². The van der Waals surface area contributed by atoms with Gasteiger partial charge in [-0.3, -0.25) is 0 Å². The Labute approximate surface area is 78.6 Å². The minimum absolute atomic E-state index is 0.615. The standard InChI is InChI=1S/C10H15N3/c1-2-4-11-5-9(3-1)10-6-12-8-13-7-10/h6-9,11H,1-5H2/t9-/m1/s1. The fraction of sp³-hybridized carbons (Fsp3) is 0.600. The molecule has 0 radical (unpaired) electrons. The van der Waals surface area contributed by atoms with Gasteiger partial charge in [0.1, 0.15) is 6.33 Å². The van der Waals surface area contributed by atoms with Crippen LogP contribution in [0.15, 0.2) is 18.7 Å². The third kappa shape index (κ3) is 2.25. The summed E-state index contributed by atoms with van der Waals surface area (Å²) in [5, 5.41) is 3.44. The number of hydrogen-bond donors (Lipinski definition) is 1. The van der Waals surface area contributed by atoms with Crippen molar-refractivity contribution in [2.75, 3.05) is 13.1 Å². The van der Waals surface area contributed by atoms with E-state index in [2.05, 4.69) is 15.3 Å². The van der Waals surface area contributed by atoms with Gasteiger partial charge < -0.3 is 5.32 Å². The Balaban J connectivity index is 2.06. The minimum Gasteiger partial charge on any atom is -0.316 e. The Morgan fingerprint density at radius 2 is 2.08 bits per heavy atom. The van der Waals surface area contributed by atoms with Gasteiger partial charge in [-0.1, -0.05) is 6.42 Å². The van der Waals surface area contributed by atoms with Crippen molar-refractivity contribution in [1.82, 2.24) is 15.3 Å². The summed E-state index contributed by atoms with van der Waals surface area (Å²) in [4.78, 5) is 8.10. The second-order valence-electron chi connectivity index (χ2n) is 3.57. The van der Waals surface area contributed by atoms with Gasteiger partial charge in [0.25, 0.3) is 0 Å². The molecule has 13 heavy (non-hydrogen) atoms. The molecule has 0 amide bonds. The van der Waals surface area contributed by atoms with E-state index in [1.165, 1.54) is 24.8 Å². The first-order valence-corrected chi connectivity index (χ1v) is 4.92. The summed E-state index contributed by atoms with van der Waals surface area (Å²) in [6.07, 6.45) is 9.33. The molecule has 70 valence electrons. The summed E-state index contributed by atoms with van der Waals surface area (Å²) in [6.45, 7) is 2.23. The maximum absolute atomic E-state index is 4.05. The molecule has 1 saturated heterocycles. The van der Waals surface area contributed by atoms with Crippen molar-refractivity contribution in [3.8, 4) is 0 Å². The van der Waals surface area contributed by atoms with Crippen molar-refractivity contribution in [2.24, 2.45) is 0 Å². The molecule has 0 spiro atoms. The molecule has 1 N–H and O–H groups in total. The van der Waals surface area contributed by atoms with E-state index in [9.17, 15) is 0 Å². The summed E-state index contributed by atoms with van der Waals surface area (Å²) in [6, 6.07) is 0. The normalized spacial score (nSPS) is 23.8. The highest BCUT2D eigenvalue weighted by molar-refractivity contribution is 5.10. The van der Waals surface area contributed by atoms with Crippen LogP contribution in [0, 0.1) is 0 Å². The van der Waals surface area contributed by atoms with Gasteiger partial charge >= 0.3 is 0 Å². The summed E-state index contributed by atoms with van der Waals surface area (Å²) in [5.41, 5.74) is 1.27. The van der Waals surface area contributed by atoms with Crippen LogP contribution in [0.3, 0.4) is 0 Å². The van der Waals surface area contributed by atoms with Crippen LogP contribution in [0.4, 0.5) is 0 Å². The molecule has 3 heteroatoms. The molecule has 0 aliphatic carbocycles. The van der Waals surface area contributed by atoms with Gasteiger partial charge in [0.2, 0.25) is 0 Å². The van der Waals surface area contributed by atoms with Crippen LogP contribution >= 0.6 is 0 Å². The van der Waals surface area contributed by atoms with E-state index < -0.39 is 0 Å². The van der Waals surface area contributed by atoms with Gasteiger partial charge in [-0.15, -0.1) is 0 Å². The van der Waals surface area contributed by atoms with Gasteiger partial charge in [0.05, 0.1) is 0 Å². The third-order valence-electron chi connectivity index (χ3n) is 2.60. The van der Waals surface area contributed by atoms with E-state index in [1.807, 2.05) is 12.4 Å². The van der Waals surface area contributed by atoms with Crippen LogP contribution in [-0.4, -0.2) is 23.1 Å². The van der Waals surface area contributed by atoms with E-state index in [0.29, 0.717) is 5.92 Å². The lowest BCUT2D eigenvalue weighted by molar-refractivity contribution is 0.606. The fourth-order valence-electron chi connectivity index (χ4n) is 1.83. The number of nitrogens with zero attached hydrogens (tertiary/aromatic N) is 2. The van der Waals surface area contributed by atoms with E-state index >= 15 is 0 Å². The Morgan fingerprint density at radius 1 is 1.23 bits per heavy atom. The Morgan fingerprint density at radius 3 is 2.92 bits per heavy atom. The molecule has 1 fully saturated rings. The minimum atomic E-state index is 0.615. The molecule has 1 atom stereocenters. The van der Waals surface area contributed by atoms with Crippen LogP contribution < -0.4 is 5.32 Å². The van der Waals surface area contributed by atoms with E-state index in [1.54, 1.807) is 6.33 Å². The summed E-state index contributed by atoms with van der Waals surface area (Å²) < 4.78 is 0. The van der Waals surface area contributed by atoms with Crippen molar-refractivity contribution in [2.45, 2.75) is 25.2 Å². The van der Waals surface area contributed by atoms with Gasteiger partial charge in [-0.2, -0.15) is 0 Å². The molecule has 1 aromatic heterocycles. The first kappa shape index (κ1) is 8.63. The molecule has 0 saturated carbocycles. The lowest BCUT2D eigenvalue weighted by Gasteiger charge is -2.12. The van der Waals surface area contributed by atoms with E-state index in [4.69, 9.17) is 0 Å². The second-order valence-corrected chi connectivity index (χ2v) is 3.57. The third-order valence-corrected chi connectivity index (χ3v) is 2.60. The molecule has 0 aromatic carbocycles. The number of aromatic nitrogens is 2. The topological polar surface area (TPSA) is 37.8 Å². The summed E-state index contributed by atoms with van der Waals surface area (Å²) in [7, 11) is 0. The van der Waals surface area contributed by atoms with E-state index in [-0.39, 0.29) is 0 Å². The summed E-state index contributed by atoms with van der Waals surface area (Å²) in [5.74, 6) is 0.615. The number of rotatable bonds is 1. The van der Waals surface area contributed by atoms with Crippen molar-refractivity contribution in [1.29, 1.82) is 0 Å². The number of hydrogen-bond acceptors (Lipinski definition) is 3. The molecule has 3 nitrogen and oxygen atoms in total. The van der Waals surface area contributed by atoms with Crippen LogP contribution in [0.5, 0.6) is 0 Å². The zero-order valence-electron chi connectivity index (χ0n) is 7.74. The first-order valence-electron chi connectivity index (χ1n) is 4.92. The predicted molar refractivity (Wildman–Crippen MR) is 51.5 cm³/mol. The van der Waals surface area contributed by atoms with Crippen molar-refractivity contribution in [3.05, 3.63) is 24.3 Å². The predicted octanol–water partition coefficient (Wildman–Crippen LogP) is 1.33. The van der Waals surface area contributed by atoms with E-state index in [0.717, 1.165) is 13.1 Å². The fourth-order valence-corrected chi connectivity index (χ4v) is 1.83. The largest absolute Gasteiger partial charge is 0.316 e. The van der Waals surface area contributed by atoms with Gasteiger partial charge in [-0.05, 0) is 30.9 Å². The molecular weight excluding hydrogens is 162 g/mol. The van der Waals surface area contributed by atoms with Gasteiger partial charge in [-0.25, -0.2) is 9.97 Å². The highest BCUT2D eigenvalue weighted by Crippen LogP contribution is 2.21. The average molecular weight is 177 g/mol. The molecule has 2 heterocycles. The highest BCUT2D eigenvalue weighted by atomic mass is 14.9. The van der Waals surface area contributed by atoms with Crippen molar-refractivity contribution < 1.29 is 0 Å². The highest BCUT2D eigenvalue weighted by Gasteiger charge is 2.13. The number of nitrogens with one attached hydrogen (secondary N) is 1.